The van der Waals surface area contributed by atoms with E-state index < -0.39 is 0 Å². The topological polar surface area (TPSA) is 15.3 Å². The molecule has 1 fully saturated rings. The molecule has 1 aliphatic heterocycles. The summed E-state index contributed by atoms with van der Waals surface area (Å²) in [7, 11) is 2.20. The van der Waals surface area contributed by atoms with Crippen LogP contribution in [-0.4, -0.2) is 26.7 Å². The molecule has 0 bridgehead atoms. The highest BCUT2D eigenvalue weighted by molar-refractivity contribution is 5.46. The van der Waals surface area contributed by atoms with Gasteiger partial charge in [0.15, 0.2) is 0 Å². The largest absolute Gasteiger partial charge is 0.375 e. The lowest BCUT2D eigenvalue weighted by Gasteiger charge is -2.24. The Hall–Kier alpha value is -1.02. The van der Waals surface area contributed by atoms with Crippen molar-refractivity contribution in [1.29, 1.82) is 0 Å². The first-order valence-corrected chi connectivity index (χ1v) is 7.24. The standard InChI is InChI=1S/C16H26N2/c1-14-5-7-16(8-6-14)18(2)13-3-4-15-9-11-17-12-10-15/h5-8,15,17H,3-4,9-13H2,1-2H3. The number of anilines is 1. The average molecular weight is 246 g/mol. The Balaban J connectivity index is 1.70. The molecule has 2 rings (SSSR count). The molecular formula is C16H26N2. The third-order valence-electron chi connectivity index (χ3n) is 4.04. The molecule has 2 heteroatoms. The first-order chi connectivity index (χ1) is 8.75. The Labute approximate surface area is 111 Å². The quantitative estimate of drug-likeness (QED) is 0.858. The SMILES string of the molecule is Cc1ccc(N(C)CCCC2CCNCC2)cc1. The first kappa shape index (κ1) is 13.4. The molecular weight excluding hydrogens is 220 g/mol. The van der Waals surface area contributed by atoms with Crippen LogP contribution in [-0.2, 0) is 0 Å². The van der Waals surface area contributed by atoms with Crippen LogP contribution in [0.25, 0.3) is 0 Å². The number of hydrogen-bond acceptors (Lipinski definition) is 2. The smallest absolute Gasteiger partial charge is 0.0363 e. The van der Waals surface area contributed by atoms with Crippen LogP contribution in [0.2, 0.25) is 0 Å². The van der Waals surface area contributed by atoms with Gasteiger partial charge in [-0.05, 0) is 63.7 Å². The Kier molecular flexibility index (Phi) is 5.06. The third kappa shape index (κ3) is 4.02. The molecule has 1 aromatic rings. The normalized spacial score (nSPS) is 16.8. The molecule has 1 heterocycles. The molecule has 18 heavy (non-hydrogen) atoms. The van der Waals surface area contributed by atoms with Crippen molar-refractivity contribution in [3.8, 4) is 0 Å². The Morgan fingerprint density at radius 1 is 1.17 bits per heavy atom. The van der Waals surface area contributed by atoms with Crippen molar-refractivity contribution in [2.75, 3.05) is 31.6 Å². The van der Waals surface area contributed by atoms with E-state index in [1.807, 2.05) is 0 Å². The molecule has 100 valence electrons. The molecule has 1 aromatic carbocycles. The number of benzene rings is 1. The number of aryl methyl sites for hydroxylation is 1. The Morgan fingerprint density at radius 2 is 1.83 bits per heavy atom. The fraction of sp³-hybridized carbons (Fsp3) is 0.625. The van der Waals surface area contributed by atoms with E-state index in [0.717, 1.165) is 5.92 Å². The van der Waals surface area contributed by atoms with Gasteiger partial charge in [-0.1, -0.05) is 17.7 Å². The average Bonchev–Trinajstić information content (AvgIpc) is 2.40. The lowest BCUT2D eigenvalue weighted by molar-refractivity contribution is 0.348. The monoisotopic (exact) mass is 246 g/mol. The van der Waals surface area contributed by atoms with Crippen LogP contribution >= 0.6 is 0 Å². The fourth-order valence-electron chi connectivity index (χ4n) is 2.72. The molecule has 1 saturated heterocycles. The lowest BCUT2D eigenvalue weighted by atomic mass is 9.93. The van der Waals surface area contributed by atoms with E-state index in [9.17, 15) is 0 Å². The van der Waals surface area contributed by atoms with Gasteiger partial charge in [0.05, 0.1) is 0 Å². The molecule has 1 N–H and O–H groups in total. The zero-order valence-electron chi connectivity index (χ0n) is 11.8. The van der Waals surface area contributed by atoms with Crippen molar-refractivity contribution in [3.63, 3.8) is 0 Å². The van der Waals surface area contributed by atoms with Crippen molar-refractivity contribution in [2.24, 2.45) is 5.92 Å². The van der Waals surface area contributed by atoms with Crippen LogP contribution in [0.3, 0.4) is 0 Å². The predicted octanol–water partition coefficient (Wildman–Crippen LogP) is 3.21. The van der Waals surface area contributed by atoms with Gasteiger partial charge in [0.1, 0.15) is 0 Å². The van der Waals surface area contributed by atoms with Gasteiger partial charge in [0.25, 0.3) is 0 Å². The van der Waals surface area contributed by atoms with Crippen molar-refractivity contribution in [1.82, 2.24) is 5.32 Å². The minimum Gasteiger partial charge on any atom is -0.375 e. The van der Waals surface area contributed by atoms with Gasteiger partial charge in [-0.3, -0.25) is 0 Å². The first-order valence-electron chi connectivity index (χ1n) is 7.24. The summed E-state index contributed by atoms with van der Waals surface area (Å²) in [5, 5.41) is 3.43. The van der Waals surface area contributed by atoms with Crippen molar-refractivity contribution < 1.29 is 0 Å². The molecule has 0 atom stereocenters. The van der Waals surface area contributed by atoms with Gasteiger partial charge in [0, 0.05) is 19.3 Å². The van der Waals surface area contributed by atoms with Gasteiger partial charge < -0.3 is 10.2 Å². The number of piperidine rings is 1. The van der Waals surface area contributed by atoms with E-state index in [-0.39, 0.29) is 0 Å². The second-order valence-corrected chi connectivity index (χ2v) is 5.59. The lowest BCUT2D eigenvalue weighted by Crippen LogP contribution is -2.28. The van der Waals surface area contributed by atoms with Crippen LogP contribution in [0.4, 0.5) is 5.69 Å². The van der Waals surface area contributed by atoms with E-state index in [1.54, 1.807) is 0 Å². The maximum atomic E-state index is 3.43. The Bertz CT molecular complexity index is 339. The maximum absolute atomic E-state index is 3.43. The highest BCUT2D eigenvalue weighted by atomic mass is 15.1. The van der Waals surface area contributed by atoms with E-state index in [0.29, 0.717) is 0 Å². The molecule has 2 nitrogen and oxygen atoms in total. The summed E-state index contributed by atoms with van der Waals surface area (Å²) in [4.78, 5) is 2.38. The molecule has 0 saturated carbocycles. The predicted molar refractivity (Wildman–Crippen MR) is 79.3 cm³/mol. The third-order valence-corrected chi connectivity index (χ3v) is 4.04. The van der Waals surface area contributed by atoms with Crippen LogP contribution in [0.1, 0.15) is 31.2 Å². The van der Waals surface area contributed by atoms with Crippen molar-refractivity contribution in [3.05, 3.63) is 29.8 Å². The second kappa shape index (κ2) is 6.79. The molecule has 0 radical (unpaired) electrons. The van der Waals surface area contributed by atoms with Gasteiger partial charge in [0.2, 0.25) is 0 Å². The zero-order chi connectivity index (χ0) is 12.8. The van der Waals surface area contributed by atoms with Crippen LogP contribution < -0.4 is 10.2 Å². The van der Waals surface area contributed by atoms with Gasteiger partial charge in [-0.25, -0.2) is 0 Å². The van der Waals surface area contributed by atoms with Crippen LogP contribution in [0.5, 0.6) is 0 Å². The van der Waals surface area contributed by atoms with Gasteiger partial charge in [-0.15, -0.1) is 0 Å². The van der Waals surface area contributed by atoms with Crippen LogP contribution in [0.15, 0.2) is 24.3 Å². The van der Waals surface area contributed by atoms with Crippen molar-refractivity contribution >= 4 is 5.69 Å². The van der Waals surface area contributed by atoms with E-state index >= 15 is 0 Å². The molecule has 0 aromatic heterocycles. The number of hydrogen-bond donors (Lipinski definition) is 1. The van der Waals surface area contributed by atoms with E-state index in [4.69, 9.17) is 0 Å². The summed E-state index contributed by atoms with van der Waals surface area (Å²) in [6.07, 6.45) is 5.44. The summed E-state index contributed by atoms with van der Waals surface area (Å²) < 4.78 is 0. The van der Waals surface area contributed by atoms with Crippen LogP contribution in [0, 0.1) is 12.8 Å². The fourth-order valence-corrected chi connectivity index (χ4v) is 2.72. The highest BCUT2D eigenvalue weighted by Crippen LogP contribution is 2.19. The minimum absolute atomic E-state index is 0.956. The minimum atomic E-state index is 0.956. The number of nitrogens with zero attached hydrogens (tertiary/aromatic N) is 1. The maximum Gasteiger partial charge on any atom is 0.0363 e. The summed E-state index contributed by atoms with van der Waals surface area (Å²) in [6, 6.07) is 8.83. The van der Waals surface area contributed by atoms with Gasteiger partial charge >= 0.3 is 0 Å². The molecule has 0 amide bonds. The van der Waals surface area contributed by atoms with Crippen molar-refractivity contribution in [2.45, 2.75) is 32.6 Å². The number of rotatable bonds is 5. The Morgan fingerprint density at radius 3 is 2.50 bits per heavy atom. The van der Waals surface area contributed by atoms with E-state index in [1.165, 1.54) is 56.6 Å². The molecule has 0 aliphatic carbocycles. The second-order valence-electron chi connectivity index (χ2n) is 5.59. The van der Waals surface area contributed by atoms with E-state index in [2.05, 4.69) is 48.5 Å². The summed E-state index contributed by atoms with van der Waals surface area (Å²) >= 11 is 0. The van der Waals surface area contributed by atoms with Gasteiger partial charge in [-0.2, -0.15) is 0 Å². The zero-order valence-corrected chi connectivity index (χ0v) is 11.8. The highest BCUT2D eigenvalue weighted by Gasteiger charge is 2.12. The summed E-state index contributed by atoms with van der Waals surface area (Å²) in [6.45, 7) is 5.75. The summed E-state index contributed by atoms with van der Waals surface area (Å²) in [5.41, 5.74) is 2.67. The molecule has 1 aliphatic rings. The molecule has 0 unspecified atom stereocenters. The summed E-state index contributed by atoms with van der Waals surface area (Å²) in [5.74, 6) is 0.956. The molecule has 0 spiro atoms. The number of nitrogens with one attached hydrogen (secondary N) is 1.